The number of nitrogens with zero attached hydrogens (tertiary/aromatic N) is 2. The molecule has 180 valence electrons. The monoisotopic (exact) mass is 493 g/mol. The molecule has 0 bridgehead atoms. The lowest BCUT2D eigenvalue weighted by molar-refractivity contribution is -0.140. The maximum Gasteiger partial charge on any atom is 0.244 e. The number of sulfonamides is 1. The van der Waals surface area contributed by atoms with Crippen LogP contribution in [0.2, 0.25) is 5.02 Å². The highest BCUT2D eigenvalue weighted by atomic mass is 35.5. The van der Waals surface area contributed by atoms with E-state index in [2.05, 4.69) is 5.32 Å². The van der Waals surface area contributed by atoms with E-state index in [1.54, 1.807) is 18.2 Å². The van der Waals surface area contributed by atoms with Crippen molar-refractivity contribution in [3.05, 3.63) is 65.2 Å². The van der Waals surface area contributed by atoms with E-state index in [4.69, 9.17) is 11.6 Å². The summed E-state index contributed by atoms with van der Waals surface area (Å²) in [6.45, 7) is 4.14. The van der Waals surface area contributed by atoms with Gasteiger partial charge in [0.25, 0.3) is 0 Å². The van der Waals surface area contributed by atoms with Gasteiger partial charge in [0.15, 0.2) is 0 Å². The fourth-order valence-electron chi connectivity index (χ4n) is 3.45. The minimum atomic E-state index is -3.78. The molecule has 1 atom stereocenters. The number of nitrogens with one attached hydrogen (secondary N) is 1. The Kier molecular flexibility index (Phi) is 10.2. The molecular weight excluding hydrogens is 462 g/mol. The van der Waals surface area contributed by atoms with Crippen LogP contribution in [0, 0.1) is 0 Å². The van der Waals surface area contributed by atoms with Gasteiger partial charge in [0.1, 0.15) is 12.6 Å². The number of anilines is 1. The number of unbranched alkanes of at least 4 members (excludes halogenated alkanes) is 1. The number of halogens is 1. The van der Waals surface area contributed by atoms with Crippen LogP contribution in [-0.4, -0.2) is 50.5 Å². The lowest BCUT2D eigenvalue weighted by atomic mass is 10.1. The first kappa shape index (κ1) is 26.7. The normalized spacial score (nSPS) is 12.1. The first-order valence-electron chi connectivity index (χ1n) is 11.0. The Balaban J connectivity index is 2.37. The molecule has 9 heteroatoms. The second-order valence-electron chi connectivity index (χ2n) is 7.83. The quantitative estimate of drug-likeness (QED) is 0.455. The Hall–Kier alpha value is -2.58. The van der Waals surface area contributed by atoms with Crippen molar-refractivity contribution in [2.24, 2.45) is 0 Å². The molecule has 0 aromatic heterocycles. The van der Waals surface area contributed by atoms with Crippen LogP contribution in [-0.2, 0) is 26.2 Å². The molecule has 33 heavy (non-hydrogen) atoms. The van der Waals surface area contributed by atoms with E-state index in [-0.39, 0.29) is 12.5 Å². The van der Waals surface area contributed by atoms with Crippen LogP contribution in [0.15, 0.2) is 54.6 Å². The van der Waals surface area contributed by atoms with E-state index in [1.165, 1.54) is 11.0 Å². The molecule has 0 aliphatic rings. The predicted molar refractivity (Wildman–Crippen MR) is 133 cm³/mol. The highest BCUT2D eigenvalue weighted by Gasteiger charge is 2.31. The van der Waals surface area contributed by atoms with Gasteiger partial charge < -0.3 is 10.2 Å². The minimum Gasteiger partial charge on any atom is -0.354 e. The van der Waals surface area contributed by atoms with Crippen molar-refractivity contribution in [2.75, 3.05) is 23.7 Å². The summed E-state index contributed by atoms with van der Waals surface area (Å²) in [6.07, 6.45) is 3.21. The lowest BCUT2D eigenvalue weighted by Gasteiger charge is -2.33. The Bertz CT molecular complexity index is 1030. The molecule has 2 rings (SSSR count). The molecule has 0 unspecified atom stereocenters. The van der Waals surface area contributed by atoms with E-state index < -0.39 is 28.5 Å². The summed E-state index contributed by atoms with van der Waals surface area (Å²) in [5.74, 6) is -0.717. The molecule has 0 spiro atoms. The maximum atomic E-state index is 13.5. The summed E-state index contributed by atoms with van der Waals surface area (Å²) >= 11 is 6.05. The number of carbonyl (C=O) groups excluding carboxylic acids is 2. The zero-order valence-electron chi connectivity index (χ0n) is 19.3. The zero-order chi connectivity index (χ0) is 24.4. The average molecular weight is 494 g/mol. The van der Waals surface area contributed by atoms with E-state index in [9.17, 15) is 18.0 Å². The third kappa shape index (κ3) is 8.05. The molecule has 7 nitrogen and oxygen atoms in total. The number of hydrogen-bond acceptors (Lipinski definition) is 4. The van der Waals surface area contributed by atoms with Gasteiger partial charge in [0, 0.05) is 18.1 Å². The highest BCUT2D eigenvalue weighted by molar-refractivity contribution is 7.92. The zero-order valence-corrected chi connectivity index (χ0v) is 20.9. The summed E-state index contributed by atoms with van der Waals surface area (Å²) in [6, 6.07) is 14.9. The molecule has 2 aromatic rings. The van der Waals surface area contributed by atoms with Crippen LogP contribution in [0.4, 0.5) is 5.69 Å². The molecule has 1 N–H and O–H groups in total. The van der Waals surface area contributed by atoms with Crippen LogP contribution in [0.25, 0.3) is 0 Å². The number of carbonyl (C=O) groups is 2. The van der Waals surface area contributed by atoms with Crippen LogP contribution < -0.4 is 9.62 Å². The second-order valence-corrected chi connectivity index (χ2v) is 10.2. The lowest BCUT2D eigenvalue weighted by Crippen LogP contribution is -2.52. The Morgan fingerprint density at radius 1 is 1.06 bits per heavy atom. The van der Waals surface area contributed by atoms with Gasteiger partial charge in [-0.25, -0.2) is 8.42 Å². The second kappa shape index (κ2) is 12.6. The largest absolute Gasteiger partial charge is 0.354 e. The molecule has 2 aromatic carbocycles. The van der Waals surface area contributed by atoms with E-state index in [1.807, 2.05) is 44.2 Å². The van der Waals surface area contributed by atoms with Crippen LogP contribution in [0.5, 0.6) is 0 Å². The van der Waals surface area contributed by atoms with E-state index in [0.29, 0.717) is 23.7 Å². The fourth-order valence-corrected chi connectivity index (χ4v) is 4.48. The van der Waals surface area contributed by atoms with Gasteiger partial charge >= 0.3 is 0 Å². The first-order valence-corrected chi connectivity index (χ1v) is 13.2. The van der Waals surface area contributed by atoms with Gasteiger partial charge in [0.05, 0.1) is 11.9 Å². The standard InChI is InChI=1S/C24H32ClN3O4S/c1-4-6-15-26-24(30)22(5-2)27(17-19-11-8-7-9-12-19)23(29)18-28(33(3,31)32)21-14-10-13-20(25)16-21/h7-14,16,22H,4-6,15,17-18H2,1-3H3,(H,26,30)/t22-/m1/s1. The van der Waals surface area contributed by atoms with Crippen molar-refractivity contribution in [3.8, 4) is 0 Å². The van der Waals surface area contributed by atoms with Gasteiger partial charge in [-0.05, 0) is 36.6 Å². The van der Waals surface area contributed by atoms with E-state index >= 15 is 0 Å². The number of benzene rings is 2. The molecule has 0 aliphatic carbocycles. The van der Waals surface area contributed by atoms with Crippen molar-refractivity contribution in [3.63, 3.8) is 0 Å². The third-order valence-electron chi connectivity index (χ3n) is 5.19. The summed E-state index contributed by atoms with van der Waals surface area (Å²) in [7, 11) is -3.78. The van der Waals surface area contributed by atoms with E-state index in [0.717, 1.165) is 29.0 Å². The van der Waals surface area contributed by atoms with Gasteiger partial charge in [-0.2, -0.15) is 0 Å². The maximum absolute atomic E-state index is 13.5. The van der Waals surface area contributed by atoms with Gasteiger partial charge in [0.2, 0.25) is 21.8 Å². The van der Waals surface area contributed by atoms with Crippen molar-refractivity contribution in [1.29, 1.82) is 0 Å². The predicted octanol–water partition coefficient (Wildman–Crippen LogP) is 3.83. The van der Waals surface area contributed by atoms with Gasteiger partial charge in [-0.1, -0.05) is 68.3 Å². The molecule has 0 aliphatic heterocycles. The molecule has 0 saturated carbocycles. The van der Waals surface area contributed by atoms with Crippen LogP contribution in [0.1, 0.15) is 38.7 Å². The molecule has 0 heterocycles. The SMILES string of the molecule is CCCCNC(=O)[C@@H](CC)N(Cc1ccccc1)C(=O)CN(c1cccc(Cl)c1)S(C)(=O)=O. The number of rotatable bonds is 12. The first-order chi connectivity index (χ1) is 15.7. The number of hydrogen-bond donors (Lipinski definition) is 1. The van der Waals surface area contributed by atoms with Crippen LogP contribution >= 0.6 is 11.6 Å². The minimum absolute atomic E-state index is 0.187. The Morgan fingerprint density at radius 2 is 1.76 bits per heavy atom. The highest BCUT2D eigenvalue weighted by Crippen LogP contribution is 2.23. The topological polar surface area (TPSA) is 86.8 Å². The molecule has 0 radical (unpaired) electrons. The van der Waals surface area contributed by atoms with Crippen molar-refractivity contribution in [2.45, 2.75) is 45.7 Å². The Labute approximate surface area is 201 Å². The molecule has 2 amide bonds. The van der Waals surface area contributed by atoms with Crippen molar-refractivity contribution >= 4 is 39.1 Å². The third-order valence-corrected chi connectivity index (χ3v) is 6.56. The molecule has 0 saturated heterocycles. The molecular formula is C24H32ClN3O4S. The number of amides is 2. The van der Waals surface area contributed by atoms with Crippen molar-refractivity contribution in [1.82, 2.24) is 10.2 Å². The average Bonchev–Trinajstić information content (AvgIpc) is 2.77. The summed E-state index contributed by atoms with van der Waals surface area (Å²) in [4.78, 5) is 27.9. The van der Waals surface area contributed by atoms with Gasteiger partial charge in [-0.15, -0.1) is 0 Å². The smallest absolute Gasteiger partial charge is 0.244 e. The fraction of sp³-hybridized carbons (Fsp3) is 0.417. The summed E-state index contributed by atoms with van der Waals surface area (Å²) < 4.78 is 26.1. The molecule has 0 fully saturated rings. The summed E-state index contributed by atoms with van der Waals surface area (Å²) in [5, 5.41) is 3.25. The van der Waals surface area contributed by atoms with Crippen molar-refractivity contribution < 1.29 is 18.0 Å². The summed E-state index contributed by atoms with van der Waals surface area (Å²) in [5.41, 5.74) is 1.14. The van der Waals surface area contributed by atoms with Crippen LogP contribution in [0.3, 0.4) is 0 Å². The van der Waals surface area contributed by atoms with Gasteiger partial charge in [-0.3, -0.25) is 13.9 Å². The Morgan fingerprint density at radius 3 is 2.33 bits per heavy atom.